The largest absolute Gasteiger partial charge is 0.331 e. The topological polar surface area (TPSA) is 89.1 Å². The number of halogens is 1. The maximum absolute atomic E-state index is 13.6. The molecule has 4 unspecified atom stereocenters. The Morgan fingerprint density at radius 2 is 1.92 bits per heavy atom. The summed E-state index contributed by atoms with van der Waals surface area (Å²) in [5, 5.41) is 16.6. The van der Waals surface area contributed by atoms with Crippen molar-refractivity contribution in [3.05, 3.63) is 88.4 Å². The molecule has 3 aliphatic rings. The molecule has 8 nitrogen and oxygen atoms in total. The van der Waals surface area contributed by atoms with Gasteiger partial charge in [0.15, 0.2) is 0 Å². The van der Waals surface area contributed by atoms with E-state index in [4.69, 9.17) is 0 Å². The first-order chi connectivity index (χ1) is 18.1. The number of thiophene rings is 1. The number of nitrogens with one attached hydrogen (secondary N) is 3. The van der Waals surface area contributed by atoms with E-state index in [1.807, 2.05) is 52.9 Å². The van der Waals surface area contributed by atoms with Gasteiger partial charge in [-0.1, -0.05) is 36.4 Å². The average molecular weight is 537 g/mol. The van der Waals surface area contributed by atoms with Crippen LogP contribution in [0.4, 0.5) is 10.1 Å². The predicted octanol–water partition coefficient (Wildman–Crippen LogP) is 3.27. The summed E-state index contributed by atoms with van der Waals surface area (Å²) < 4.78 is 13.6. The van der Waals surface area contributed by atoms with Gasteiger partial charge in [-0.2, -0.15) is 5.10 Å². The van der Waals surface area contributed by atoms with Gasteiger partial charge in [0.1, 0.15) is 17.5 Å². The molecule has 0 bridgehead atoms. The Morgan fingerprint density at radius 1 is 1.11 bits per heavy atom. The van der Waals surface area contributed by atoms with E-state index >= 15 is 0 Å². The lowest BCUT2D eigenvalue weighted by Gasteiger charge is -2.37. The number of hydrazine groups is 1. The third kappa shape index (κ3) is 4.87. The van der Waals surface area contributed by atoms with E-state index in [9.17, 15) is 14.0 Å². The van der Waals surface area contributed by atoms with Gasteiger partial charge >= 0.3 is 0 Å². The summed E-state index contributed by atoms with van der Waals surface area (Å²) in [6.45, 7) is 0.530. The standard InChI is InChI=1S/C26H25FN6O2S2/c27-17-10-8-16(9-11-17)21-13-20(22-7-4-12-36-22)31-33(21)23(34)15-37-26-29-24-19(25(35)30-26)14-28-32(24)18-5-2-1-3-6-18/h1-12,19,21,24,26,28-29H,13-15H2,(H,30,35). The second kappa shape index (κ2) is 10.3. The minimum atomic E-state index is -0.434. The molecule has 2 saturated heterocycles. The number of thioether (sulfide) groups is 1. The Balaban J connectivity index is 1.16. The maximum atomic E-state index is 13.6. The Labute approximate surface area is 221 Å². The number of fused-ring (bicyclic) bond motifs is 1. The van der Waals surface area contributed by atoms with Crippen molar-refractivity contribution in [3.63, 3.8) is 0 Å². The molecule has 4 heterocycles. The quantitative estimate of drug-likeness (QED) is 0.448. The highest BCUT2D eigenvalue weighted by molar-refractivity contribution is 8.00. The normalized spacial score (nSPS) is 25.1. The molecule has 6 rings (SSSR count). The van der Waals surface area contributed by atoms with Crippen LogP contribution in [0, 0.1) is 11.7 Å². The molecule has 0 spiro atoms. The highest BCUT2D eigenvalue weighted by Crippen LogP contribution is 2.35. The number of hydrazone groups is 1. The van der Waals surface area contributed by atoms with Crippen LogP contribution in [0.1, 0.15) is 22.9 Å². The molecule has 4 atom stereocenters. The van der Waals surface area contributed by atoms with Crippen molar-refractivity contribution in [2.24, 2.45) is 11.0 Å². The van der Waals surface area contributed by atoms with Gasteiger partial charge in [0.2, 0.25) is 5.91 Å². The van der Waals surface area contributed by atoms with Gasteiger partial charge in [0.05, 0.1) is 34.0 Å². The molecule has 0 aliphatic carbocycles. The minimum absolute atomic E-state index is 0.0528. The fourth-order valence-electron chi connectivity index (χ4n) is 4.87. The van der Waals surface area contributed by atoms with Gasteiger partial charge in [0.25, 0.3) is 5.91 Å². The molecule has 2 amide bonds. The van der Waals surface area contributed by atoms with Gasteiger partial charge in [-0.05, 0) is 41.3 Å². The molecule has 2 aromatic carbocycles. The Bertz CT molecular complexity index is 1300. The first-order valence-corrected chi connectivity index (χ1v) is 13.9. The Hall–Kier alpha value is -3.25. The van der Waals surface area contributed by atoms with Crippen molar-refractivity contribution in [1.82, 2.24) is 21.1 Å². The van der Waals surface area contributed by atoms with E-state index in [0.29, 0.717) is 13.0 Å². The van der Waals surface area contributed by atoms with E-state index in [1.54, 1.807) is 23.5 Å². The lowest BCUT2D eigenvalue weighted by molar-refractivity contribution is -0.130. The van der Waals surface area contributed by atoms with Crippen LogP contribution in [-0.4, -0.2) is 46.5 Å². The zero-order chi connectivity index (χ0) is 25.4. The van der Waals surface area contributed by atoms with Crippen LogP contribution in [0.3, 0.4) is 0 Å². The van der Waals surface area contributed by atoms with E-state index < -0.39 is 5.50 Å². The van der Waals surface area contributed by atoms with Gasteiger partial charge in [0, 0.05) is 13.0 Å². The van der Waals surface area contributed by atoms with Crippen LogP contribution in [0.15, 0.2) is 77.2 Å². The molecule has 0 radical (unpaired) electrons. The summed E-state index contributed by atoms with van der Waals surface area (Å²) in [6, 6.07) is 19.7. The predicted molar refractivity (Wildman–Crippen MR) is 143 cm³/mol. The number of para-hydroxylation sites is 1. The molecule has 3 aliphatic heterocycles. The lowest BCUT2D eigenvalue weighted by Crippen LogP contribution is -2.63. The number of hydrogen-bond donors (Lipinski definition) is 3. The first kappa shape index (κ1) is 24.1. The Morgan fingerprint density at radius 3 is 2.68 bits per heavy atom. The van der Waals surface area contributed by atoms with Crippen molar-refractivity contribution >= 4 is 46.3 Å². The first-order valence-electron chi connectivity index (χ1n) is 12.0. The van der Waals surface area contributed by atoms with Crippen LogP contribution in [0.5, 0.6) is 0 Å². The van der Waals surface area contributed by atoms with Gasteiger partial charge in [-0.25, -0.2) is 14.8 Å². The highest BCUT2D eigenvalue weighted by atomic mass is 32.2. The van der Waals surface area contributed by atoms with Crippen molar-refractivity contribution in [3.8, 4) is 0 Å². The number of benzene rings is 2. The number of rotatable bonds is 6. The SMILES string of the molecule is O=C1NC(SCC(=O)N2N=C(c3cccs3)CC2c2ccc(F)cc2)NC2C1CNN2c1ccccc1. The van der Waals surface area contributed by atoms with Crippen LogP contribution < -0.4 is 21.1 Å². The molecule has 11 heteroatoms. The van der Waals surface area contributed by atoms with E-state index in [-0.39, 0.29) is 41.5 Å². The second-order valence-corrected chi connectivity index (χ2v) is 11.1. The second-order valence-electron chi connectivity index (χ2n) is 9.02. The number of carbonyl (C=O) groups is 2. The lowest BCUT2D eigenvalue weighted by atomic mass is 10.0. The van der Waals surface area contributed by atoms with E-state index in [1.165, 1.54) is 28.9 Å². The van der Waals surface area contributed by atoms with E-state index in [2.05, 4.69) is 21.2 Å². The number of nitrogens with zero attached hydrogens (tertiary/aromatic N) is 3. The average Bonchev–Trinajstić information content (AvgIpc) is 3.68. The molecular formula is C26H25FN6O2S2. The van der Waals surface area contributed by atoms with Crippen LogP contribution >= 0.6 is 23.1 Å². The number of carbonyl (C=O) groups excluding carboxylic acids is 2. The molecule has 37 heavy (non-hydrogen) atoms. The number of hydrogen-bond acceptors (Lipinski definition) is 8. The third-order valence-corrected chi connectivity index (χ3v) is 8.63. The molecule has 1 aromatic heterocycles. The molecule has 2 fully saturated rings. The Kier molecular flexibility index (Phi) is 6.68. The van der Waals surface area contributed by atoms with Crippen LogP contribution in [0.2, 0.25) is 0 Å². The van der Waals surface area contributed by atoms with Crippen molar-refractivity contribution in [1.29, 1.82) is 0 Å². The molecule has 3 aromatic rings. The van der Waals surface area contributed by atoms with Gasteiger partial charge in [-0.3, -0.25) is 19.9 Å². The fraction of sp³-hybridized carbons (Fsp3) is 0.269. The summed E-state index contributed by atoms with van der Waals surface area (Å²) in [4.78, 5) is 27.2. The summed E-state index contributed by atoms with van der Waals surface area (Å²) in [7, 11) is 0. The molecular weight excluding hydrogens is 511 g/mol. The monoisotopic (exact) mass is 536 g/mol. The summed E-state index contributed by atoms with van der Waals surface area (Å²) >= 11 is 2.90. The smallest absolute Gasteiger partial charge is 0.253 e. The summed E-state index contributed by atoms with van der Waals surface area (Å²) in [5.41, 5.74) is 5.50. The van der Waals surface area contributed by atoms with Crippen LogP contribution in [-0.2, 0) is 9.59 Å². The highest BCUT2D eigenvalue weighted by Gasteiger charge is 2.44. The van der Waals surface area contributed by atoms with Crippen molar-refractivity contribution in [2.75, 3.05) is 17.3 Å². The molecule has 190 valence electrons. The van der Waals surface area contributed by atoms with Crippen molar-refractivity contribution in [2.45, 2.75) is 24.1 Å². The van der Waals surface area contributed by atoms with Gasteiger partial charge in [-0.15, -0.1) is 23.1 Å². The number of amides is 2. The summed E-state index contributed by atoms with van der Waals surface area (Å²) in [6.07, 6.45) is 0.327. The molecule has 3 N–H and O–H groups in total. The van der Waals surface area contributed by atoms with Crippen molar-refractivity contribution < 1.29 is 14.0 Å². The number of anilines is 1. The third-order valence-electron chi connectivity index (χ3n) is 6.71. The maximum Gasteiger partial charge on any atom is 0.253 e. The van der Waals surface area contributed by atoms with E-state index in [0.717, 1.165) is 21.8 Å². The fourth-order valence-corrected chi connectivity index (χ4v) is 6.47. The van der Waals surface area contributed by atoms with Gasteiger partial charge < -0.3 is 5.32 Å². The van der Waals surface area contributed by atoms with Crippen LogP contribution in [0.25, 0.3) is 0 Å². The molecule has 0 saturated carbocycles. The zero-order valence-corrected chi connectivity index (χ0v) is 21.3. The minimum Gasteiger partial charge on any atom is -0.331 e. The summed E-state index contributed by atoms with van der Waals surface area (Å²) in [5.74, 6) is -0.672. The zero-order valence-electron chi connectivity index (χ0n) is 19.7.